The van der Waals surface area contributed by atoms with E-state index in [-0.39, 0.29) is 5.95 Å². The number of nitrogens with two attached hydrogens (primary N) is 1. The summed E-state index contributed by atoms with van der Waals surface area (Å²) in [7, 11) is 0. The summed E-state index contributed by atoms with van der Waals surface area (Å²) in [6, 6.07) is 8.15. The molecule has 0 radical (unpaired) electrons. The van der Waals surface area contributed by atoms with E-state index in [0.717, 1.165) is 11.4 Å². The average Bonchev–Trinajstić information content (AvgIpc) is 2.38. The van der Waals surface area contributed by atoms with Gasteiger partial charge in [0.05, 0.1) is 0 Å². The molecule has 1 aromatic carbocycles. The number of aromatic nitrogens is 3. The fourth-order valence-corrected chi connectivity index (χ4v) is 2.12. The SMILES string of the molecule is CCCSc1ccc(Nc2ncnc(N)n2)cc1. The lowest BCUT2D eigenvalue weighted by molar-refractivity contribution is 1.07. The van der Waals surface area contributed by atoms with E-state index in [4.69, 9.17) is 5.73 Å². The Kier molecular flexibility index (Phi) is 4.35. The van der Waals surface area contributed by atoms with E-state index in [0.29, 0.717) is 5.95 Å². The molecule has 3 N–H and O–H groups in total. The minimum atomic E-state index is 0.211. The number of nitrogens with one attached hydrogen (secondary N) is 1. The second-order valence-corrected chi connectivity index (χ2v) is 4.83. The average molecular weight is 261 g/mol. The van der Waals surface area contributed by atoms with Crippen molar-refractivity contribution in [1.29, 1.82) is 0 Å². The highest BCUT2D eigenvalue weighted by molar-refractivity contribution is 7.99. The molecule has 0 spiro atoms. The van der Waals surface area contributed by atoms with Crippen LogP contribution in [0.4, 0.5) is 17.6 Å². The van der Waals surface area contributed by atoms with Crippen LogP contribution in [0.1, 0.15) is 13.3 Å². The van der Waals surface area contributed by atoms with E-state index in [1.54, 1.807) is 0 Å². The van der Waals surface area contributed by atoms with Crippen LogP contribution in [0.15, 0.2) is 35.5 Å². The first-order valence-electron chi connectivity index (χ1n) is 5.72. The van der Waals surface area contributed by atoms with E-state index in [2.05, 4.69) is 39.3 Å². The van der Waals surface area contributed by atoms with Gasteiger partial charge >= 0.3 is 0 Å². The molecule has 1 heterocycles. The molecule has 0 aliphatic rings. The predicted octanol–water partition coefficient (Wildman–Crippen LogP) is 2.70. The molecule has 0 fully saturated rings. The number of anilines is 3. The molecule has 0 unspecified atom stereocenters. The van der Waals surface area contributed by atoms with Crippen LogP contribution >= 0.6 is 11.8 Å². The molecule has 5 nitrogen and oxygen atoms in total. The molecule has 0 bridgehead atoms. The van der Waals surface area contributed by atoms with Crippen LogP contribution < -0.4 is 11.1 Å². The van der Waals surface area contributed by atoms with E-state index in [1.807, 2.05) is 23.9 Å². The van der Waals surface area contributed by atoms with E-state index in [9.17, 15) is 0 Å². The van der Waals surface area contributed by atoms with Crippen molar-refractivity contribution in [2.45, 2.75) is 18.2 Å². The molecule has 2 aromatic rings. The van der Waals surface area contributed by atoms with Gasteiger partial charge in [-0.25, -0.2) is 9.97 Å². The second-order valence-electron chi connectivity index (χ2n) is 3.67. The summed E-state index contributed by atoms with van der Waals surface area (Å²) >= 11 is 1.85. The molecular formula is C12H15N5S. The largest absolute Gasteiger partial charge is 0.368 e. The molecule has 2 rings (SSSR count). The normalized spacial score (nSPS) is 10.3. The first kappa shape index (κ1) is 12.6. The zero-order valence-electron chi connectivity index (χ0n) is 10.1. The Balaban J connectivity index is 2.02. The summed E-state index contributed by atoms with van der Waals surface area (Å²) in [5, 5.41) is 3.08. The maximum atomic E-state index is 5.49. The lowest BCUT2D eigenvalue weighted by atomic mass is 10.3. The first-order chi connectivity index (χ1) is 8.78. The van der Waals surface area contributed by atoms with E-state index in [1.165, 1.54) is 17.6 Å². The summed E-state index contributed by atoms with van der Waals surface area (Å²) < 4.78 is 0. The lowest BCUT2D eigenvalue weighted by Gasteiger charge is -2.05. The summed E-state index contributed by atoms with van der Waals surface area (Å²) in [5.41, 5.74) is 6.42. The van der Waals surface area contributed by atoms with Gasteiger partial charge in [0.2, 0.25) is 11.9 Å². The molecule has 0 amide bonds. The zero-order chi connectivity index (χ0) is 12.8. The molecule has 0 atom stereocenters. The third kappa shape index (κ3) is 3.59. The minimum absolute atomic E-state index is 0.211. The lowest BCUT2D eigenvalue weighted by Crippen LogP contribution is -2.01. The topological polar surface area (TPSA) is 76.7 Å². The van der Waals surface area contributed by atoms with Crippen molar-refractivity contribution in [2.75, 3.05) is 16.8 Å². The highest BCUT2D eigenvalue weighted by atomic mass is 32.2. The van der Waals surface area contributed by atoms with Crippen LogP contribution in [0.25, 0.3) is 0 Å². The smallest absolute Gasteiger partial charge is 0.231 e. The van der Waals surface area contributed by atoms with Crippen LogP contribution in [-0.2, 0) is 0 Å². The number of nitrogen functional groups attached to an aromatic ring is 1. The Morgan fingerprint density at radius 2 is 2.00 bits per heavy atom. The molecule has 94 valence electrons. The molecular weight excluding hydrogens is 246 g/mol. The van der Waals surface area contributed by atoms with Gasteiger partial charge < -0.3 is 11.1 Å². The van der Waals surface area contributed by atoms with Gasteiger partial charge in [-0.2, -0.15) is 4.98 Å². The Hall–Kier alpha value is -1.82. The van der Waals surface area contributed by atoms with E-state index >= 15 is 0 Å². The third-order valence-corrected chi connectivity index (χ3v) is 3.39. The Morgan fingerprint density at radius 3 is 2.67 bits per heavy atom. The standard InChI is InChI=1S/C12H15N5S/c1-2-7-18-10-5-3-9(4-6-10)16-12-15-8-14-11(13)17-12/h3-6,8H,2,7H2,1H3,(H3,13,14,15,16,17). The van der Waals surface area contributed by atoms with Gasteiger partial charge in [0, 0.05) is 10.6 Å². The van der Waals surface area contributed by atoms with Crippen LogP contribution in [0.5, 0.6) is 0 Å². The van der Waals surface area contributed by atoms with Gasteiger partial charge in [-0.1, -0.05) is 6.92 Å². The van der Waals surface area contributed by atoms with Crippen molar-refractivity contribution in [3.8, 4) is 0 Å². The number of thioether (sulfide) groups is 1. The number of hydrogen-bond acceptors (Lipinski definition) is 6. The Morgan fingerprint density at radius 1 is 1.22 bits per heavy atom. The van der Waals surface area contributed by atoms with Gasteiger partial charge in [-0.3, -0.25) is 0 Å². The Labute approximate surface area is 110 Å². The van der Waals surface area contributed by atoms with Gasteiger partial charge in [0.25, 0.3) is 0 Å². The molecule has 1 aromatic heterocycles. The van der Waals surface area contributed by atoms with Gasteiger partial charge in [-0.05, 0) is 36.4 Å². The number of hydrogen-bond donors (Lipinski definition) is 2. The van der Waals surface area contributed by atoms with Crippen LogP contribution in [0.2, 0.25) is 0 Å². The molecule has 0 aliphatic carbocycles. The van der Waals surface area contributed by atoms with E-state index < -0.39 is 0 Å². The zero-order valence-corrected chi connectivity index (χ0v) is 10.9. The molecule has 6 heteroatoms. The quantitative estimate of drug-likeness (QED) is 0.806. The summed E-state index contributed by atoms with van der Waals surface area (Å²) in [5.74, 6) is 1.80. The first-order valence-corrected chi connectivity index (χ1v) is 6.71. The third-order valence-electron chi connectivity index (χ3n) is 2.17. The summed E-state index contributed by atoms with van der Waals surface area (Å²) in [4.78, 5) is 13.0. The fraction of sp³-hybridized carbons (Fsp3) is 0.250. The fourth-order valence-electron chi connectivity index (χ4n) is 1.35. The number of benzene rings is 1. The van der Waals surface area contributed by atoms with Crippen molar-refractivity contribution in [3.63, 3.8) is 0 Å². The van der Waals surface area contributed by atoms with Gasteiger partial charge in [0.15, 0.2) is 0 Å². The van der Waals surface area contributed by atoms with Crippen molar-refractivity contribution in [1.82, 2.24) is 15.0 Å². The summed E-state index contributed by atoms with van der Waals surface area (Å²) in [6.07, 6.45) is 2.56. The van der Waals surface area contributed by atoms with Crippen molar-refractivity contribution < 1.29 is 0 Å². The molecule has 0 aliphatic heterocycles. The highest BCUT2D eigenvalue weighted by Crippen LogP contribution is 2.21. The van der Waals surface area contributed by atoms with Crippen molar-refractivity contribution in [2.24, 2.45) is 0 Å². The summed E-state index contributed by atoms with van der Waals surface area (Å²) in [6.45, 7) is 2.17. The maximum Gasteiger partial charge on any atom is 0.231 e. The van der Waals surface area contributed by atoms with Crippen LogP contribution in [0.3, 0.4) is 0 Å². The maximum absolute atomic E-state index is 5.49. The highest BCUT2D eigenvalue weighted by Gasteiger charge is 1.99. The number of nitrogens with zero attached hydrogens (tertiary/aromatic N) is 3. The van der Waals surface area contributed by atoms with Gasteiger partial charge in [0.1, 0.15) is 6.33 Å². The predicted molar refractivity (Wildman–Crippen MR) is 75.0 cm³/mol. The number of rotatable bonds is 5. The molecule has 18 heavy (non-hydrogen) atoms. The molecule has 0 saturated carbocycles. The van der Waals surface area contributed by atoms with Crippen molar-refractivity contribution >= 4 is 29.3 Å². The second kappa shape index (κ2) is 6.20. The monoisotopic (exact) mass is 261 g/mol. The molecule has 0 saturated heterocycles. The van der Waals surface area contributed by atoms with Crippen LogP contribution in [0, 0.1) is 0 Å². The minimum Gasteiger partial charge on any atom is -0.368 e. The Bertz CT molecular complexity index is 500. The van der Waals surface area contributed by atoms with Crippen LogP contribution in [-0.4, -0.2) is 20.7 Å². The van der Waals surface area contributed by atoms with Crippen molar-refractivity contribution in [3.05, 3.63) is 30.6 Å². The van der Waals surface area contributed by atoms with Gasteiger partial charge in [-0.15, -0.1) is 11.8 Å².